The van der Waals surface area contributed by atoms with Gasteiger partial charge in [-0.1, -0.05) is 0 Å². The number of hydrazone groups is 1. The number of hydrogen-bond donors (Lipinski definition) is 4. The standard InChI is InChI=1S/C10H11N5O/c1-6-4-7(16)2-3-8(6)14-15-9(5-11)10(12)13/h2-4,14,16H,1H3,(H3,12,13)/b15-9+. The van der Waals surface area contributed by atoms with Gasteiger partial charge in [0, 0.05) is 0 Å². The van der Waals surface area contributed by atoms with E-state index in [4.69, 9.17) is 16.4 Å². The Morgan fingerprint density at radius 3 is 2.81 bits per heavy atom. The maximum atomic E-state index is 9.18. The quantitative estimate of drug-likeness (QED) is 0.260. The van der Waals surface area contributed by atoms with Crippen LogP contribution in [0.1, 0.15) is 5.56 Å². The van der Waals surface area contributed by atoms with Crippen molar-refractivity contribution in [3.63, 3.8) is 0 Å². The molecule has 0 bridgehead atoms. The Morgan fingerprint density at radius 2 is 2.31 bits per heavy atom. The summed E-state index contributed by atoms with van der Waals surface area (Å²) in [5.74, 6) is -0.245. The van der Waals surface area contributed by atoms with E-state index in [-0.39, 0.29) is 11.5 Å². The number of phenols is 1. The van der Waals surface area contributed by atoms with Gasteiger partial charge in [0.2, 0.25) is 5.71 Å². The van der Waals surface area contributed by atoms with Crippen LogP contribution in [0.25, 0.3) is 0 Å². The lowest BCUT2D eigenvalue weighted by atomic mass is 10.2. The van der Waals surface area contributed by atoms with Crippen molar-refractivity contribution in [2.24, 2.45) is 10.8 Å². The van der Waals surface area contributed by atoms with E-state index in [0.717, 1.165) is 5.56 Å². The largest absolute Gasteiger partial charge is 0.508 e. The molecule has 1 aromatic carbocycles. The molecule has 0 amide bonds. The molecule has 0 spiro atoms. The Labute approximate surface area is 92.5 Å². The topological polar surface area (TPSA) is 118 Å². The third-order valence-electron chi connectivity index (χ3n) is 1.86. The highest BCUT2D eigenvalue weighted by molar-refractivity contribution is 6.45. The molecule has 0 aliphatic rings. The Hall–Kier alpha value is -2.55. The number of nitriles is 1. The van der Waals surface area contributed by atoms with Gasteiger partial charge in [-0.3, -0.25) is 10.8 Å². The van der Waals surface area contributed by atoms with E-state index in [9.17, 15) is 5.11 Å². The number of phenolic OH excluding ortho intramolecular Hbond substituents is 1. The van der Waals surface area contributed by atoms with E-state index in [0.29, 0.717) is 5.69 Å². The predicted molar refractivity (Wildman–Crippen MR) is 61.4 cm³/mol. The monoisotopic (exact) mass is 217 g/mol. The minimum absolute atomic E-state index is 0.152. The van der Waals surface area contributed by atoms with Gasteiger partial charge in [-0.05, 0) is 30.7 Å². The Morgan fingerprint density at radius 1 is 1.62 bits per heavy atom. The first-order valence-corrected chi connectivity index (χ1v) is 4.42. The third-order valence-corrected chi connectivity index (χ3v) is 1.86. The van der Waals surface area contributed by atoms with Crippen molar-refractivity contribution in [2.45, 2.75) is 6.92 Å². The smallest absolute Gasteiger partial charge is 0.201 e. The van der Waals surface area contributed by atoms with Gasteiger partial charge in [0.1, 0.15) is 11.8 Å². The summed E-state index contributed by atoms with van der Waals surface area (Å²) >= 11 is 0. The van der Waals surface area contributed by atoms with Crippen molar-refractivity contribution in [1.82, 2.24) is 0 Å². The number of aromatic hydroxyl groups is 1. The average Bonchev–Trinajstić information content (AvgIpc) is 2.21. The molecular weight excluding hydrogens is 206 g/mol. The van der Waals surface area contributed by atoms with Gasteiger partial charge in [0.15, 0.2) is 5.84 Å². The molecule has 5 N–H and O–H groups in total. The average molecular weight is 217 g/mol. The summed E-state index contributed by atoms with van der Waals surface area (Å²) in [6.07, 6.45) is 0. The van der Waals surface area contributed by atoms with Gasteiger partial charge < -0.3 is 10.8 Å². The number of hydrogen-bond acceptors (Lipinski definition) is 5. The summed E-state index contributed by atoms with van der Waals surface area (Å²) in [5, 5.41) is 28.5. The third kappa shape index (κ3) is 2.72. The molecule has 0 saturated carbocycles. The summed E-state index contributed by atoms with van der Waals surface area (Å²) < 4.78 is 0. The zero-order chi connectivity index (χ0) is 12.1. The fourth-order valence-electron chi connectivity index (χ4n) is 1.03. The first kappa shape index (κ1) is 11.5. The molecule has 0 saturated heterocycles. The molecule has 0 radical (unpaired) electrons. The summed E-state index contributed by atoms with van der Waals surface area (Å²) in [6.45, 7) is 1.78. The number of aryl methyl sites for hydroxylation is 1. The maximum Gasteiger partial charge on any atom is 0.201 e. The molecule has 16 heavy (non-hydrogen) atoms. The Kier molecular flexibility index (Phi) is 3.45. The Balaban J connectivity index is 2.90. The van der Waals surface area contributed by atoms with Gasteiger partial charge >= 0.3 is 0 Å². The fraction of sp³-hybridized carbons (Fsp3) is 0.100. The molecule has 0 atom stereocenters. The SMILES string of the molecule is Cc1cc(O)ccc1N/N=C(\C#N)C(=N)N. The molecule has 0 unspecified atom stereocenters. The zero-order valence-electron chi connectivity index (χ0n) is 8.65. The Bertz CT molecular complexity index is 486. The lowest BCUT2D eigenvalue weighted by Crippen LogP contribution is -2.21. The molecule has 6 heteroatoms. The van der Waals surface area contributed by atoms with E-state index >= 15 is 0 Å². The van der Waals surface area contributed by atoms with Crippen molar-refractivity contribution in [2.75, 3.05) is 5.43 Å². The molecule has 1 aromatic rings. The molecule has 82 valence electrons. The molecule has 6 nitrogen and oxygen atoms in total. The van der Waals surface area contributed by atoms with Crippen LogP contribution in [0.5, 0.6) is 5.75 Å². The number of benzene rings is 1. The van der Waals surface area contributed by atoms with Crippen LogP contribution in [-0.4, -0.2) is 16.7 Å². The molecule has 0 heterocycles. The number of nitrogens with zero attached hydrogens (tertiary/aromatic N) is 2. The van der Waals surface area contributed by atoms with Crippen LogP contribution >= 0.6 is 0 Å². The number of nitrogens with one attached hydrogen (secondary N) is 2. The van der Waals surface area contributed by atoms with Crippen molar-refractivity contribution in [1.29, 1.82) is 10.7 Å². The number of anilines is 1. The normalized spacial score (nSPS) is 10.6. The van der Waals surface area contributed by atoms with Crippen molar-refractivity contribution < 1.29 is 5.11 Å². The number of nitrogens with two attached hydrogens (primary N) is 1. The molecule has 0 fully saturated rings. The molecular formula is C10H11N5O. The molecule has 0 aliphatic heterocycles. The molecule has 0 aromatic heterocycles. The number of amidine groups is 1. The second-order valence-electron chi connectivity index (χ2n) is 3.10. The minimum Gasteiger partial charge on any atom is -0.508 e. The van der Waals surface area contributed by atoms with Gasteiger partial charge in [-0.15, -0.1) is 0 Å². The zero-order valence-corrected chi connectivity index (χ0v) is 8.65. The summed E-state index contributed by atoms with van der Waals surface area (Å²) in [7, 11) is 0. The molecule has 1 rings (SSSR count). The maximum absolute atomic E-state index is 9.18. The van der Waals surface area contributed by atoms with E-state index in [1.54, 1.807) is 25.1 Å². The first-order valence-electron chi connectivity index (χ1n) is 4.42. The van der Waals surface area contributed by atoms with E-state index < -0.39 is 5.84 Å². The highest BCUT2D eigenvalue weighted by Crippen LogP contribution is 2.19. The highest BCUT2D eigenvalue weighted by atomic mass is 16.3. The van der Waals surface area contributed by atoms with Gasteiger partial charge in [-0.2, -0.15) is 10.4 Å². The lowest BCUT2D eigenvalue weighted by Gasteiger charge is -2.05. The van der Waals surface area contributed by atoms with E-state index in [1.807, 2.05) is 0 Å². The second-order valence-corrected chi connectivity index (χ2v) is 3.10. The van der Waals surface area contributed by atoms with Crippen LogP contribution in [-0.2, 0) is 0 Å². The van der Waals surface area contributed by atoms with Crippen LogP contribution in [0.3, 0.4) is 0 Å². The highest BCUT2D eigenvalue weighted by Gasteiger charge is 2.02. The predicted octanol–water partition coefficient (Wildman–Crippen LogP) is 0.928. The minimum atomic E-state index is -0.397. The van der Waals surface area contributed by atoms with Crippen LogP contribution in [0.2, 0.25) is 0 Å². The van der Waals surface area contributed by atoms with E-state index in [2.05, 4.69) is 10.5 Å². The van der Waals surface area contributed by atoms with Crippen molar-refractivity contribution in [3.05, 3.63) is 23.8 Å². The fourth-order valence-corrected chi connectivity index (χ4v) is 1.03. The summed E-state index contributed by atoms with van der Waals surface area (Å²) in [5.41, 5.74) is 8.94. The number of rotatable bonds is 3. The van der Waals surface area contributed by atoms with Gasteiger partial charge in [0.05, 0.1) is 5.69 Å². The van der Waals surface area contributed by atoms with Gasteiger partial charge in [0.25, 0.3) is 0 Å². The van der Waals surface area contributed by atoms with Crippen LogP contribution < -0.4 is 11.2 Å². The van der Waals surface area contributed by atoms with Crippen molar-refractivity contribution in [3.8, 4) is 11.8 Å². The van der Waals surface area contributed by atoms with Crippen LogP contribution in [0.15, 0.2) is 23.3 Å². The lowest BCUT2D eigenvalue weighted by molar-refractivity contribution is 0.475. The first-order chi connectivity index (χ1) is 7.54. The van der Waals surface area contributed by atoms with Crippen molar-refractivity contribution >= 4 is 17.2 Å². The molecule has 0 aliphatic carbocycles. The van der Waals surface area contributed by atoms with Gasteiger partial charge in [-0.25, -0.2) is 0 Å². The van der Waals surface area contributed by atoms with E-state index in [1.165, 1.54) is 6.07 Å². The summed E-state index contributed by atoms with van der Waals surface area (Å²) in [6, 6.07) is 6.35. The summed E-state index contributed by atoms with van der Waals surface area (Å²) in [4.78, 5) is 0. The van der Waals surface area contributed by atoms with Crippen LogP contribution in [0, 0.1) is 23.7 Å². The second kappa shape index (κ2) is 4.79. The van der Waals surface area contributed by atoms with Crippen LogP contribution in [0.4, 0.5) is 5.69 Å².